The molecule has 1 aromatic rings. The molecule has 8 saturated carbocycles. The summed E-state index contributed by atoms with van der Waals surface area (Å²) in [6, 6.07) is 10.5. The molecule has 0 nitrogen and oxygen atoms in total. The highest BCUT2D eigenvalue weighted by Gasteiger charge is 2.64. The van der Waals surface area contributed by atoms with E-state index in [0.717, 1.165) is 35.5 Å². The fourth-order valence-electron chi connectivity index (χ4n) is 13.3. The largest absolute Gasteiger partial charge is 0.125 e. The smallest absolute Gasteiger partial charge is 0.0202 e. The third-order valence-corrected chi connectivity index (χ3v) is 17.5. The summed E-state index contributed by atoms with van der Waals surface area (Å²) in [5.74, 6) is 5.91. The van der Waals surface area contributed by atoms with Crippen molar-refractivity contribution in [2.24, 2.45) is 57.2 Å². The third kappa shape index (κ3) is 3.53. The predicted molar refractivity (Wildman–Crippen MR) is 169 cm³/mol. The van der Waals surface area contributed by atoms with Crippen molar-refractivity contribution in [3.8, 4) is 0 Å². The summed E-state index contributed by atoms with van der Waals surface area (Å²) in [6.45, 7) is 15.2. The van der Waals surface area contributed by atoms with Gasteiger partial charge in [-0.15, -0.1) is 18.5 Å². The lowest BCUT2D eigenvalue weighted by molar-refractivity contribution is -0.102. The molecule has 8 aliphatic rings. The van der Waals surface area contributed by atoms with Crippen molar-refractivity contribution in [1.29, 1.82) is 0 Å². The predicted octanol–water partition coefficient (Wildman–Crippen LogP) is 10.4. The molecule has 2 heteroatoms. The summed E-state index contributed by atoms with van der Waals surface area (Å²) >= 11 is 0. The van der Waals surface area contributed by atoms with Gasteiger partial charge in [-0.1, -0.05) is 65.8 Å². The Morgan fingerprint density at radius 1 is 0.474 bits per heavy atom. The van der Waals surface area contributed by atoms with Crippen molar-refractivity contribution in [2.45, 2.75) is 129 Å². The minimum absolute atomic E-state index is 0.139. The van der Waals surface area contributed by atoms with E-state index in [1.165, 1.54) is 77.0 Å². The van der Waals surface area contributed by atoms with Gasteiger partial charge in [0.25, 0.3) is 0 Å². The van der Waals surface area contributed by atoms with Crippen LogP contribution in [-0.2, 0) is 10.3 Å². The molecule has 8 fully saturated rings. The molecule has 8 aliphatic carbocycles. The van der Waals surface area contributed by atoms with E-state index in [1.807, 2.05) is 0 Å². The lowest BCUT2D eigenvalue weighted by atomic mass is 9.42. The van der Waals surface area contributed by atoms with E-state index in [2.05, 4.69) is 84.3 Å². The van der Waals surface area contributed by atoms with Crippen molar-refractivity contribution in [2.75, 3.05) is 0 Å². The molecule has 0 spiro atoms. The first kappa shape index (κ1) is 26.9. The second kappa shape index (κ2) is 8.34. The Kier molecular flexibility index (Phi) is 5.91. The van der Waals surface area contributed by atoms with Gasteiger partial charge in [-0.05, 0) is 145 Å². The molecule has 4 atom stereocenters. The minimum Gasteiger partial charge on any atom is -0.125 e. The monoisotopic (exact) mass is 550 g/mol. The Balaban J connectivity index is 1.30. The van der Waals surface area contributed by atoms with Gasteiger partial charge in [0, 0.05) is 10.3 Å². The molecule has 0 N–H and O–H groups in total. The normalized spacial score (nSPS) is 44.7. The average molecular weight is 551 g/mol. The summed E-state index contributed by atoms with van der Waals surface area (Å²) < 4.78 is 0. The molecular formula is C36H56P2. The van der Waals surface area contributed by atoms with Gasteiger partial charge in [0.2, 0.25) is 0 Å². The molecule has 0 heterocycles. The number of hydrogen-bond donors (Lipinski definition) is 0. The molecule has 4 unspecified atom stereocenters. The van der Waals surface area contributed by atoms with Crippen molar-refractivity contribution in [3.05, 3.63) is 35.4 Å². The molecule has 0 saturated heterocycles. The molecule has 1 aromatic carbocycles. The maximum Gasteiger partial charge on any atom is 0.0202 e. The summed E-state index contributed by atoms with van der Waals surface area (Å²) in [5, 5.41) is 0.279. The molecular weight excluding hydrogens is 494 g/mol. The van der Waals surface area contributed by atoms with Crippen LogP contribution in [0, 0.1) is 57.2 Å². The zero-order valence-electron chi connectivity index (χ0n) is 25.4. The maximum absolute atomic E-state index is 3.56. The van der Waals surface area contributed by atoms with Gasteiger partial charge in [-0.25, -0.2) is 0 Å². The highest BCUT2D eigenvalue weighted by atomic mass is 31.0. The van der Waals surface area contributed by atoms with Crippen LogP contribution in [0.5, 0.6) is 0 Å². The Morgan fingerprint density at radius 3 is 0.868 bits per heavy atom. The second-order valence-electron chi connectivity index (χ2n) is 18.1. The van der Waals surface area contributed by atoms with Crippen molar-refractivity contribution >= 4 is 18.5 Å². The number of rotatable bonds is 4. The molecule has 0 aliphatic heterocycles. The van der Waals surface area contributed by atoms with Crippen LogP contribution < -0.4 is 0 Å². The summed E-state index contributed by atoms with van der Waals surface area (Å²) in [5.41, 5.74) is 4.54. The van der Waals surface area contributed by atoms with E-state index in [9.17, 15) is 0 Å². The Bertz CT molecular complexity index is 926. The average Bonchev–Trinajstić information content (AvgIpc) is 2.80. The SMILES string of the molecule is CC(C)(C)C(P)(c1ccc(C(P)(C(C)(C)C)C23CC4CC(CC(C4)C2)C3)cc1)C12CC3CC(CC(C3)C1)C2. The summed E-state index contributed by atoms with van der Waals surface area (Å²) in [4.78, 5) is 0. The van der Waals surface area contributed by atoms with E-state index in [4.69, 9.17) is 0 Å². The molecule has 8 bridgehead atoms. The first-order chi connectivity index (χ1) is 17.7. The van der Waals surface area contributed by atoms with Crippen LogP contribution in [0.15, 0.2) is 24.3 Å². The first-order valence-corrected chi connectivity index (χ1v) is 17.5. The van der Waals surface area contributed by atoms with Gasteiger partial charge in [0.1, 0.15) is 0 Å². The Morgan fingerprint density at radius 2 is 0.684 bits per heavy atom. The van der Waals surface area contributed by atoms with Gasteiger partial charge in [0.05, 0.1) is 0 Å². The van der Waals surface area contributed by atoms with Gasteiger partial charge < -0.3 is 0 Å². The fourth-order valence-corrected chi connectivity index (χ4v) is 14.3. The molecule has 0 radical (unpaired) electrons. The minimum atomic E-state index is 0.139. The van der Waals surface area contributed by atoms with Gasteiger partial charge in [-0.2, -0.15) is 0 Å². The highest BCUT2D eigenvalue weighted by Crippen LogP contribution is 2.74. The van der Waals surface area contributed by atoms with Gasteiger partial charge >= 0.3 is 0 Å². The summed E-state index contributed by atoms with van der Waals surface area (Å²) in [7, 11) is 7.13. The van der Waals surface area contributed by atoms with Crippen LogP contribution in [0.2, 0.25) is 0 Å². The molecule has 38 heavy (non-hydrogen) atoms. The van der Waals surface area contributed by atoms with Crippen LogP contribution in [-0.4, -0.2) is 0 Å². The molecule has 9 rings (SSSR count). The highest BCUT2D eigenvalue weighted by molar-refractivity contribution is 7.19. The molecule has 210 valence electrons. The van der Waals surface area contributed by atoms with E-state index in [1.54, 1.807) is 11.1 Å². The van der Waals surface area contributed by atoms with E-state index in [-0.39, 0.29) is 21.1 Å². The maximum atomic E-state index is 3.56. The first-order valence-electron chi connectivity index (χ1n) is 16.4. The second-order valence-corrected chi connectivity index (χ2v) is 19.8. The van der Waals surface area contributed by atoms with Crippen LogP contribution in [0.1, 0.15) is 130 Å². The standard InChI is InChI=1S/C36H56P2/c1-31(2,3)35(37,33-17-23-11-24(18-33)13-25(12-23)19-33)29-7-9-30(10-8-29)36(38,32(4,5)6)34-20-26-14-27(21-34)16-28(15-26)22-34/h7-10,23-28H,11-22,37-38H2,1-6H3. The Hall–Kier alpha value is 0.0800. The third-order valence-electron chi connectivity index (χ3n) is 13.9. The summed E-state index contributed by atoms with van der Waals surface area (Å²) in [6.07, 6.45) is 17.9. The van der Waals surface area contributed by atoms with Gasteiger partial charge in [-0.3, -0.25) is 0 Å². The van der Waals surface area contributed by atoms with Crippen LogP contribution in [0.25, 0.3) is 0 Å². The van der Waals surface area contributed by atoms with E-state index >= 15 is 0 Å². The van der Waals surface area contributed by atoms with Crippen molar-refractivity contribution < 1.29 is 0 Å². The van der Waals surface area contributed by atoms with Crippen LogP contribution in [0.3, 0.4) is 0 Å². The van der Waals surface area contributed by atoms with Crippen LogP contribution in [0.4, 0.5) is 0 Å². The lowest BCUT2D eigenvalue weighted by Crippen LogP contribution is -2.59. The quantitative estimate of drug-likeness (QED) is 0.327. The number of hydrogen-bond acceptors (Lipinski definition) is 0. The number of benzene rings is 1. The Labute approximate surface area is 239 Å². The topological polar surface area (TPSA) is 0 Å². The zero-order valence-corrected chi connectivity index (χ0v) is 27.7. The van der Waals surface area contributed by atoms with E-state index in [0.29, 0.717) is 10.8 Å². The van der Waals surface area contributed by atoms with Crippen molar-refractivity contribution in [1.82, 2.24) is 0 Å². The van der Waals surface area contributed by atoms with Gasteiger partial charge in [0.15, 0.2) is 0 Å². The zero-order chi connectivity index (χ0) is 26.9. The van der Waals surface area contributed by atoms with Crippen molar-refractivity contribution in [3.63, 3.8) is 0 Å². The van der Waals surface area contributed by atoms with Crippen LogP contribution >= 0.6 is 18.5 Å². The lowest BCUT2D eigenvalue weighted by Gasteiger charge is -2.67. The molecule has 0 amide bonds. The molecule has 0 aromatic heterocycles. The fraction of sp³-hybridized carbons (Fsp3) is 0.833. The van der Waals surface area contributed by atoms with E-state index < -0.39 is 0 Å².